The molecule has 0 amide bonds. The minimum atomic E-state index is -0.613. The number of ether oxygens (including phenoxy) is 2. The largest absolute Gasteiger partial charge is 0.486 e. The van der Waals surface area contributed by atoms with Crippen LogP contribution in [0.5, 0.6) is 17.4 Å². The predicted molar refractivity (Wildman–Crippen MR) is 121 cm³/mol. The normalized spacial score (nSPS) is 11.1. The molecule has 10 heteroatoms. The van der Waals surface area contributed by atoms with E-state index in [2.05, 4.69) is 49.4 Å². The molecule has 0 aliphatic rings. The number of aryl methyl sites for hydroxylation is 1. The molecule has 0 aliphatic heterocycles. The Morgan fingerprint density at radius 2 is 1.88 bits per heavy atom. The minimum Gasteiger partial charge on any atom is -0.486 e. The number of quaternary nitrogens is 1. The number of benzene rings is 1. The van der Waals surface area contributed by atoms with Crippen molar-refractivity contribution in [3.8, 4) is 17.4 Å². The molecule has 0 saturated heterocycles. The first-order chi connectivity index (χ1) is 16.0. The number of nitrogens with two attached hydrogens (primary N) is 1. The number of halogens is 1. The maximum Gasteiger partial charge on any atom is 0.256 e. The van der Waals surface area contributed by atoms with Gasteiger partial charge in [-0.25, -0.2) is 24.3 Å². The van der Waals surface area contributed by atoms with Crippen molar-refractivity contribution in [1.29, 1.82) is 0 Å². The van der Waals surface area contributed by atoms with Gasteiger partial charge in [-0.3, -0.25) is 4.98 Å². The van der Waals surface area contributed by atoms with Crippen molar-refractivity contribution in [2.45, 2.75) is 26.8 Å². The Labute approximate surface area is 190 Å². The molecule has 0 atom stereocenters. The van der Waals surface area contributed by atoms with Crippen LogP contribution in [0.2, 0.25) is 0 Å². The van der Waals surface area contributed by atoms with E-state index in [-0.39, 0.29) is 5.88 Å². The van der Waals surface area contributed by atoms with Crippen LogP contribution in [0.3, 0.4) is 0 Å². The molecule has 3 N–H and O–H groups in total. The molecular formula is C23H25FN7O2+. The lowest BCUT2D eigenvalue weighted by atomic mass is 10.2. The highest BCUT2D eigenvalue weighted by molar-refractivity contribution is 5.91. The summed E-state index contributed by atoms with van der Waals surface area (Å²) in [5.41, 5.74) is 1.50. The third kappa shape index (κ3) is 5.86. The molecule has 9 nitrogen and oxygen atoms in total. The zero-order valence-electron chi connectivity index (χ0n) is 18.6. The Bertz CT molecular complexity index is 1240. The summed E-state index contributed by atoms with van der Waals surface area (Å²) in [7, 11) is 0. The third-order valence-electron chi connectivity index (χ3n) is 4.66. The van der Waals surface area contributed by atoms with E-state index in [1.807, 2.05) is 6.92 Å². The molecule has 0 aliphatic carbocycles. The van der Waals surface area contributed by atoms with Crippen LogP contribution in [0.4, 0.5) is 16.0 Å². The topological polar surface area (TPSA) is 112 Å². The van der Waals surface area contributed by atoms with Crippen LogP contribution >= 0.6 is 0 Å². The Hall–Kier alpha value is -3.92. The van der Waals surface area contributed by atoms with E-state index in [4.69, 9.17) is 9.47 Å². The van der Waals surface area contributed by atoms with Crippen molar-refractivity contribution in [1.82, 2.24) is 24.9 Å². The van der Waals surface area contributed by atoms with Gasteiger partial charge in [0.2, 0.25) is 0 Å². The van der Waals surface area contributed by atoms with Gasteiger partial charge < -0.3 is 20.1 Å². The lowest BCUT2D eigenvalue weighted by Gasteiger charge is -2.11. The maximum atomic E-state index is 14.6. The van der Waals surface area contributed by atoms with E-state index < -0.39 is 5.82 Å². The smallest absolute Gasteiger partial charge is 0.256 e. The molecule has 3 aromatic heterocycles. The van der Waals surface area contributed by atoms with Gasteiger partial charge in [-0.15, -0.1) is 0 Å². The van der Waals surface area contributed by atoms with Crippen molar-refractivity contribution in [3.05, 3.63) is 60.7 Å². The number of rotatable bonds is 9. The summed E-state index contributed by atoms with van der Waals surface area (Å²) in [5.74, 6) is 1.06. The van der Waals surface area contributed by atoms with E-state index in [0.717, 1.165) is 12.2 Å². The second-order valence-corrected chi connectivity index (χ2v) is 7.75. The van der Waals surface area contributed by atoms with E-state index in [9.17, 15) is 4.39 Å². The fourth-order valence-electron chi connectivity index (χ4n) is 3.03. The van der Waals surface area contributed by atoms with Gasteiger partial charge in [-0.1, -0.05) is 0 Å². The van der Waals surface area contributed by atoms with Gasteiger partial charge in [0.1, 0.15) is 42.6 Å². The molecule has 0 bridgehead atoms. The summed E-state index contributed by atoms with van der Waals surface area (Å²) >= 11 is 0. The van der Waals surface area contributed by atoms with E-state index >= 15 is 0 Å². The molecule has 4 aromatic rings. The van der Waals surface area contributed by atoms with Crippen LogP contribution in [0.25, 0.3) is 10.9 Å². The monoisotopic (exact) mass is 450 g/mol. The van der Waals surface area contributed by atoms with Crippen molar-refractivity contribution < 1.29 is 19.2 Å². The molecule has 0 fully saturated rings. The minimum absolute atomic E-state index is 0.147. The highest BCUT2D eigenvalue weighted by Crippen LogP contribution is 2.30. The summed E-state index contributed by atoms with van der Waals surface area (Å²) in [4.78, 5) is 21.1. The van der Waals surface area contributed by atoms with Gasteiger partial charge in [0.25, 0.3) is 5.88 Å². The number of aromatic nitrogens is 5. The standard InChI is InChI=1S/C23H24FN7O2/c1-14(2)25-6-7-32-17-9-19(24)23(28-11-17)33-16-4-5-20-18(8-16)22(30-13-29-20)31-21-12-26-15(3)10-27-21/h4-5,8-14,25H,6-7H2,1-3H3,(H,27,29,30,31)/p+1. The first-order valence-corrected chi connectivity index (χ1v) is 10.6. The molecule has 0 saturated carbocycles. The highest BCUT2D eigenvalue weighted by Gasteiger charge is 2.12. The number of hydrogen-bond donors (Lipinski definition) is 2. The molecule has 0 unspecified atom stereocenters. The van der Waals surface area contributed by atoms with Crippen LogP contribution in [-0.2, 0) is 0 Å². The van der Waals surface area contributed by atoms with Gasteiger partial charge in [0, 0.05) is 11.5 Å². The van der Waals surface area contributed by atoms with Gasteiger partial charge in [-0.2, -0.15) is 0 Å². The van der Waals surface area contributed by atoms with Crippen LogP contribution < -0.4 is 20.1 Å². The van der Waals surface area contributed by atoms with E-state index in [0.29, 0.717) is 46.7 Å². The first-order valence-electron chi connectivity index (χ1n) is 10.6. The fraction of sp³-hybridized carbons (Fsp3) is 0.261. The van der Waals surface area contributed by atoms with Gasteiger partial charge >= 0.3 is 0 Å². The SMILES string of the molecule is Cc1cnc(Nc2ncnc3ccc(Oc4ncc(OCC[NH2+]C(C)C)cc4F)cc23)cn1. The highest BCUT2D eigenvalue weighted by atomic mass is 19.1. The summed E-state index contributed by atoms with van der Waals surface area (Å²) < 4.78 is 25.8. The van der Waals surface area contributed by atoms with E-state index in [1.54, 1.807) is 30.6 Å². The number of anilines is 2. The van der Waals surface area contributed by atoms with Crippen molar-refractivity contribution in [3.63, 3.8) is 0 Å². The molecule has 0 radical (unpaired) electrons. The van der Waals surface area contributed by atoms with E-state index in [1.165, 1.54) is 18.6 Å². The number of nitrogens with one attached hydrogen (secondary N) is 1. The average molecular weight is 450 g/mol. The molecule has 3 heterocycles. The van der Waals surface area contributed by atoms with Crippen LogP contribution in [0, 0.1) is 12.7 Å². The Morgan fingerprint density at radius 3 is 2.64 bits per heavy atom. The molecule has 33 heavy (non-hydrogen) atoms. The zero-order chi connectivity index (χ0) is 23.2. The molecular weight excluding hydrogens is 425 g/mol. The molecule has 170 valence electrons. The lowest BCUT2D eigenvalue weighted by molar-refractivity contribution is -0.683. The maximum absolute atomic E-state index is 14.6. The Kier molecular flexibility index (Phi) is 6.84. The van der Waals surface area contributed by atoms with Crippen LogP contribution in [-0.4, -0.2) is 44.1 Å². The van der Waals surface area contributed by atoms with Gasteiger partial charge in [0.05, 0.1) is 35.8 Å². The molecule has 0 spiro atoms. The molecule has 1 aromatic carbocycles. The molecule has 4 rings (SSSR count). The van der Waals surface area contributed by atoms with Gasteiger partial charge in [-0.05, 0) is 39.0 Å². The predicted octanol–water partition coefficient (Wildman–Crippen LogP) is 3.15. The number of pyridine rings is 1. The average Bonchev–Trinajstić information content (AvgIpc) is 2.80. The summed E-state index contributed by atoms with van der Waals surface area (Å²) in [6.07, 6.45) is 6.17. The van der Waals surface area contributed by atoms with Crippen molar-refractivity contribution in [2.75, 3.05) is 18.5 Å². The summed E-state index contributed by atoms with van der Waals surface area (Å²) in [6, 6.07) is 6.92. The number of fused-ring (bicyclic) bond motifs is 1. The fourth-order valence-corrected chi connectivity index (χ4v) is 3.03. The van der Waals surface area contributed by atoms with Gasteiger partial charge in [0.15, 0.2) is 5.82 Å². The Morgan fingerprint density at radius 1 is 1.00 bits per heavy atom. The van der Waals surface area contributed by atoms with Crippen LogP contribution in [0.15, 0.2) is 49.2 Å². The quantitative estimate of drug-likeness (QED) is 0.374. The second kappa shape index (κ2) is 10.1. The summed E-state index contributed by atoms with van der Waals surface area (Å²) in [6.45, 7) is 7.30. The number of hydrogen-bond acceptors (Lipinski definition) is 8. The lowest BCUT2D eigenvalue weighted by Crippen LogP contribution is -2.89. The second-order valence-electron chi connectivity index (χ2n) is 7.75. The van der Waals surface area contributed by atoms with Crippen LogP contribution in [0.1, 0.15) is 19.5 Å². The van der Waals surface area contributed by atoms with Crippen molar-refractivity contribution >= 4 is 22.5 Å². The third-order valence-corrected chi connectivity index (χ3v) is 4.66. The zero-order valence-corrected chi connectivity index (χ0v) is 18.6. The Balaban J connectivity index is 1.50. The van der Waals surface area contributed by atoms with Crippen molar-refractivity contribution in [2.24, 2.45) is 0 Å². The number of nitrogens with zero attached hydrogens (tertiary/aromatic N) is 5. The first kappa shape index (κ1) is 22.3. The summed E-state index contributed by atoms with van der Waals surface area (Å²) in [5, 5.41) is 5.94.